The Morgan fingerprint density at radius 1 is 0.783 bits per heavy atom. The Labute approximate surface area is 133 Å². The van der Waals surface area contributed by atoms with E-state index in [0.29, 0.717) is 0 Å². The molecule has 5 atom stereocenters. The summed E-state index contributed by atoms with van der Waals surface area (Å²) in [6.07, 6.45) is -5.31. The summed E-state index contributed by atoms with van der Waals surface area (Å²) in [5, 5.41) is 0. The summed E-state index contributed by atoms with van der Waals surface area (Å²) >= 11 is 0. The van der Waals surface area contributed by atoms with Crippen LogP contribution in [0.5, 0.6) is 0 Å². The Balaban J connectivity index is 3.06. The summed E-state index contributed by atoms with van der Waals surface area (Å²) in [6, 6.07) is 0. The Bertz CT molecular complexity index is 487. The van der Waals surface area contributed by atoms with Crippen LogP contribution in [-0.4, -0.2) is 54.6 Å². The highest BCUT2D eigenvalue weighted by molar-refractivity contribution is 5.68. The van der Waals surface area contributed by atoms with Crippen molar-refractivity contribution < 1.29 is 42.9 Å². The lowest BCUT2D eigenvalue weighted by atomic mass is 10.1. The molecular weight excluding hydrogens is 312 g/mol. The van der Waals surface area contributed by atoms with Gasteiger partial charge in [0.15, 0.2) is 6.10 Å². The highest BCUT2D eigenvalue weighted by atomic mass is 16.8. The molecule has 0 aromatic heterocycles. The normalized spacial score (nSPS) is 27.7. The highest BCUT2D eigenvalue weighted by Gasteiger charge is 2.53. The minimum atomic E-state index is -1.27. The van der Waals surface area contributed by atoms with E-state index in [1.165, 1.54) is 13.8 Å². The SMILES string of the molecule is CC(=O)OC1O[C@@H]([C@@H](C)OC(C)=O)[C@H](OC(C)=O)[C@H]1OC(C)=O. The second-order valence-corrected chi connectivity index (χ2v) is 5.04. The first-order valence-corrected chi connectivity index (χ1v) is 6.96. The fourth-order valence-electron chi connectivity index (χ4n) is 2.26. The average Bonchev–Trinajstić information content (AvgIpc) is 2.65. The van der Waals surface area contributed by atoms with E-state index in [4.69, 9.17) is 23.7 Å². The molecule has 1 heterocycles. The van der Waals surface area contributed by atoms with Crippen LogP contribution in [0.3, 0.4) is 0 Å². The molecule has 23 heavy (non-hydrogen) atoms. The van der Waals surface area contributed by atoms with Crippen molar-refractivity contribution in [2.75, 3.05) is 0 Å². The maximum Gasteiger partial charge on any atom is 0.305 e. The maximum atomic E-state index is 11.3. The van der Waals surface area contributed by atoms with Crippen LogP contribution < -0.4 is 0 Å². The number of carbonyl (C=O) groups excluding carboxylic acids is 4. The molecule has 0 aromatic rings. The van der Waals surface area contributed by atoms with Crippen molar-refractivity contribution in [3.8, 4) is 0 Å². The fourth-order valence-corrected chi connectivity index (χ4v) is 2.26. The van der Waals surface area contributed by atoms with Gasteiger partial charge in [-0.2, -0.15) is 0 Å². The predicted molar refractivity (Wildman–Crippen MR) is 72.8 cm³/mol. The lowest BCUT2D eigenvalue weighted by Gasteiger charge is -2.25. The van der Waals surface area contributed by atoms with Gasteiger partial charge in [0.2, 0.25) is 12.4 Å². The Kier molecular flexibility index (Phi) is 6.49. The van der Waals surface area contributed by atoms with Crippen LogP contribution >= 0.6 is 0 Å². The number of ether oxygens (including phenoxy) is 5. The first-order valence-electron chi connectivity index (χ1n) is 6.96. The second-order valence-electron chi connectivity index (χ2n) is 5.04. The first kappa shape index (κ1) is 18.9. The molecule has 0 aliphatic carbocycles. The predicted octanol–water partition coefficient (Wildman–Crippen LogP) is 0.0894. The molecule has 0 N–H and O–H groups in total. The number of carbonyl (C=O) groups is 4. The molecular formula is C14H20O9. The van der Waals surface area contributed by atoms with E-state index in [0.717, 1.165) is 20.8 Å². The minimum absolute atomic E-state index is 0.567. The van der Waals surface area contributed by atoms with Gasteiger partial charge in [0.1, 0.15) is 12.2 Å². The molecule has 1 unspecified atom stereocenters. The van der Waals surface area contributed by atoms with Crippen molar-refractivity contribution in [1.82, 2.24) is 0 Å². The molecule has 0 spiro atoms. The Morgan fingerprint density at radius 2 is 1.26 bits per heavy atom. The summed E-state index contributed by atoms with van der Waals surface area (Å²) in [5.41, 5.74) is 0. The van der Waals surface area contributed by atoms with Gasteiger partial charge in [-0.25, -0.2) is 0 Å². The molecule has 1 saturated heterocycles. The van der Waals surface area contributed by atoms with Crippen molar-refractivity contribution in [1.29, 1.82) is 0 Å². The fraction of sp³-hybridized carbons (Fsp3) is 0.714. The van der Waals surface area contributed by atoms with Gasteiger partial charge in [-0.3, -0.25) is 19.2 Å². The molecule has 1 rings (SSSR count). The number of hydrogen-bond acceptors (Lipinski definition) is 9. The third kappa shape index (κ3) is 5.51. The molecule has 0 radical (unpaired) electrons. The van der Waals surface area contributed by atoms with E-state index in [1.54, 1.807) is 0 Å². The smallest absolute Gasteiger partial charge is 0.305 e. The van der Waals surface area contributed by atoms with Gasteiger partial charge in [0.05, 0.1) is 0 Å². The van der Waals surface area contributed by atoms with Crippen molar-refractivity contribution in [3.05, 3.63) is 0 Å². The van der Waals surface area contributed by atoms with E-state index < -0.39 is 54.6 Å². The van der Waals surface area contributed by atoms with Crippen LogP contribution in [0.15, 0.2) is 0 Å². The molecule has 9 heteroatoms. The molecule has 1 aliphatic heterocycles. The Hall–Kier alpha value is -2.16. The topological polar surface area (TPSA) is 114 Å². The lowest BCUT2D eigenvalue weighted by Crippen LogP contribution is -2.44. The molecule has 0 aromatic carbocycles. The highest BCUT2D eigenvalue weighted by Crippen LogP contribution is 2.31. The zero-order valence-electron chi connectivity index (χ0n) is 13.6. The maximum absolute atomic E-state index is 11.3. The third-order valence-electron chi connectivity index (χ3n) is 2.91. The van der Waals surface area contributed by atoms with E-state index >= 15 is 0 Å². The van der Waals surface area contributed by atoms with Gasteiger partial charge in [-0.15, -0.1) is 0 Å². The van der Waals surface area contributed by atoms with Crippen molar-refractivity contribution >= 4 is 23.9 Å². The van der Waals surface area contributed by atoms with E-state index in [-0.39, 0.29) is 0 Å². The monoisotopic (exact) mass is 332 g/mol. The van der Waals surface area contributed by atoms with Gasteiger partial charge in [-0.1, -0.05) is 0 Å². The second kappa shape index (κ2) is 7.91. The van der Waals surface area contributed by atoms with Crippen LogP contribution in [0.2, 0.25) is 0 Å². The van der Waals surface area contributed by atoms with E-state index in [1.807, 2.05) is 0 Å². The third-order valence-corrected chi connectivity index (χ3v) is 2.91. The molecule has 130 valence electrons. The summed E-state index contributed by atoms with van der Waals surface area (Å²) in [7, 11) is 0. The quantitative estimate of drug-likeness (QED) is 0.510. The molecule has 0 saturated carbocycles. The zero-order chi connectivity index (χ0) is 17.7. The minimum Gasteiger partial charge on any atom is -0.460 e. The molecule has 9 nitrogen and oxygen atoms in total. The van der Waals surface area contributed by atoms with Gasteiger partial charge in [0.25, 0.3) is 0 Å². The Morgan fingerprint density at radius 3 is 1.70 bits per heavy atom. The van der Waals surface area contributed by atoms with E-state index in [2.05, 4.69) is 0 Å². The summed E-state index contributed by atoms with van der Waals surface area (Å²) in [6.45, 7) is 6.19. The van der Waals surface area contributed by atoms with Crippen LogP contribution in [0, 0.1) is 0 Å². The van der Waals surface area contributed by atoms with Gasteiger partial charge >= 0.3 is 23.9 Å². The van der Waals surface area contributed by atoms with Gasteiger partial charge < -0.3 is 23.7 Å². The molecule has 1 fully saturated rings. The van der Waals surface area contributed by atoms with E-state index in [9.17, 15) is 19.2 Å². The molecule has 0 bridgehead atoms. The number of rotatable bonds is 5. The van der Waals surface area contributed by atoms with Crippen LogP contribution in [0.1, 0.15) is 34.6 Å². The van der Waals surface area contributed by atoms with Crippen molar-refractivity contribution in [3.63, 3.8) is 0 Å². The number of hydrogen-bond donors (Lipinski definition) is 0. The standard InChI is InChI=1S/C14H20O9/c1-6(19-7(2)15)11-12(20-8(3)16)13(21-9(4)17)14(23-11)22-10(5)18/h6,11-14H,1-5H3/t6-,11+,12+,13-,14?/m1/s1. The zero-order valence-corrected chi connectivity index (χ0v) is 13.6. The van der Waals surface area contributed by atoms with Crippen LogP contribution in [0.4, 0.5) is 0 Å². The van der Waals surface area contributed by atoms with Crippen LogP contribution in [0.25, 0.3) is 0 Å². The summed E-state index contributed by atoms with van der Waals surface area (Å²) in [4.78, 5) is 44.9. The summed E-state index contributed by atoms with van der Waals surface area (Å²) < 4.78 is 25.6. The first-order chi connectivity index (χ1) is 10.6. The van der Waals surface area contributed by atoms with Gasteiger partial charge in [-0.05, 0) is 6.92 Å². The molecule has 0 amide bonds. The van der Waals surface area contributed by atoms with Crippen molar-refractivity contribution in [2.24, 2.45) is 0 Å². The molecule has 1 aliphatic rings. The largest absolute Gasteiger partial charge is 0.460 e. The average molecular weight is 332 g/mol. The van der Waals surface area contributed by atoms with Crippen molar-refractivity contribution in [2.45, 2.75) is 65.3 Å². The number of esters is 4. The lowest BCUT2D eigenvalue weighted by molar-refractivity contribution is -0.200. The van der Waals surface area contributed by atoms with Crippen LogP contribution in [-0.2, 0) is 42.9 Å². The van der Waals surface area contributed by atoms with Gasteiger partial charge in [0, 0.05) is 27.7 Å². The summed E-state index contributed by atoms with van der Waals surface area (Å²) in [5.74, 6) is -2.56.